The number of fused-ring (bicyclic) bond motifs is 1. The number of nitrogens with one attached hydrogen (secondary N) is 1. The molecule has 2 heterocycles. The van der Waals surface area contributed by atoms with E-state index in [0.717, 1.165) is 32.2 Å². The van der Waals surface area contributed by atoms with Gasteiger partial charge in [-0.3, -0.25) is 9.59 Å². The van der Waals surface area contributed by atoms with Crippen LogP contribution in [0.4, 0.5) is 11.4 Å². The van der Waals surface area contributed by atoms with Gasteiger partial charge in [-0.2, -0.15) is 0 Å². The van der Waals surface area contributed by atoms with Crippen molar-refractivity contribution >= 4 is 44.7 Å². The number of hydrogen-bond acceptors (Lipinski definition) is 4. The Bertz CT molecular complexity index is 994. The van der Waals surface area contributed by atoms with Crippen LogP contribution in [0.2, 0.25) is 0 Å². The first-order valence-electron chi connectivity index (χ1n) is 8.55. The van der Waals surface area contributed by atoms with Crippen molar-refractivity contribution in [1.29, 1.82) is 0 Å². The lowest BCUT2D eigenvalue weighted by atomic mass is 10.1. The van der Waals surface area contributed by atoms with Gasteiger partial charge in [0.05, 0.1) is 21.1 Å². The smallest absolute Gasteiger partial charge is 0.229 e. The zero-order chi connectivity index (χ0) is 18.3. The average Bonchev–Trinajstić information content (AvgIpc) is 3.18. The molecular formula is C20H19N3O2S. The standard InChI is InChI=1S/C20H19N3O2S/c1-12-3-5-15(6-4-12)22-20(25)14-9-19(24)23(11-14)16-7-8-18-17(10-16)21-13(2)26-18/h3-8,10,14H,9,11H2,1-2H3,(H,22,25). The van der Waals surface area contributed by atoms with Crippen molar-refractivity contribution in [2.75, 3.05) is 16.8 Å². The summed E-state index contributed by atoms with van der Waals surface area (Å²) in [5, 5.41) is 3.91. The maximum Gasteiger partial charge on any atom is 0.229 e. The molecule has 6 heteroatoms. The minimum Gasteiger partial charge on any atom is -0.326 e. The molecule has 132 valence electrons. The van der Waals surface area contributed by atoms with E-state index in [1.54, 1.807) is 16.2 Å². The Hall–Kier alpha value is -2.73. The molecule has 26 heavy (non-hydrogen) atoms. The predicted octanol–water partition coefficient (Wildman–Crippen LogP) is 3.90. The van der Waals surface area contributed by atoms with Gasteiger partial charge in [-0.1, -0.05) is 17.7 Å². The van der Waals surface area contributed by atoms with Crippen molar-refractivity contribution in [3.05, 3.63) is 53.0 Å². The molecule has 0 radical (unpaired) electrons. The van der Waals surface area contributed by atoms with E-state index in [4.69, 9.17) is 0 Å². The lowest BCUT2D eigenvalue weighted by Gasteiger charge is -2.16. The molecule has 0 aliphatic carbocycles. The van der Waals surface area contributed by atoms with Crippen LogP contribution >= 0.6 is 11.3 Å². The monoisotopic (exact) mass is 365 g/mol. The molecule has 2 aromatic carbocycles. The molecule has 4 rings (SSSR count). The van der Waals surface area contributed by atoms with Crippen LogP contribution in [0.25, 0.3) is 10.2 Å². The van der Waals surface area contributed by atoms with E-state index in [1.165, 1.54) is 0 Å². The molecule has 1 atom stereocenters. The highest BCUT2D eigenvalue weighted by Crippen LogP contribution is 2.30. The van der Waals surface area contributed by atoms with Gasteiger partial charge in [0.15, 0.2) is 0 Å². The number of carbonyl (C=O) groups is 2. The Labute approximate surface area is 155 Å². The molecule has 0 spiro atoms. The van der Waals surface area contributed by atoms with Crippen molar-refractivity contribution in [2.45, 2.75) is 20.3 Å². The van der Waals surface area contributed by atoms with Crippen LogP contribution in [0.15, 0.2) is 42.5 Å². The first-order chi connectivity index (χ1) is 12.5. The number of anilines is 2. The summed E-state index contributed by atoms with van der Waals surface area (Å²) in [5.41, 5.74) is 3.59. The first-order valence-corrected chi connectivity index (χ1v) is 9.36. The summed E-state index contributed by atoms with van der Waals surface area (Å²) in [6.45, 7) is 4.36. The molecule has 0 bridgehead atoms. The summed E-state index contributed by atoms with van der Waals surface area (Å²) >= 11 is 1.63. The van der Waals surface area contributed by atoms with Gasteiger partial charge in [-0.25, -0.2) is 4.98 Å². The fourth-order valence-corrected chi connectivity index (χ4v) is 4.02. The van der Waals surface area contributed by atoms with Crippen LogP contribution in [0.3, 0.4) is 0 Å². The third-order valence-corrected chi connectivity index (χ3v) is 5.56. The normalized spacial score (nSPS) is 17.1. The molecule has 1 aromatic heterocycles. The summed E-state index contributed by atoms with van der Waals surface area (Å²) < 4.78 is 1.10. The van der Waals surface area contributed by atoms with Crippen molar-refractivity contribution in [3.63, 3.8) is 0 Å². The fourth-order valence-electron chi connectivity index (χ4n) is 3.21. The maximum atomic E-state index is 12.5. The van der Waals surface area contributed by atoms with E-state index < -0.39 is 0 Å². The Kier molecular flexibility index (Phi) is 4.20. The number of benzene rings is 2. The molecule has 3 aromatic rings. The Morgan fingerprint density at radius 3 is 2.73 bits per heavy atom. The van der Waals surface area contributed by atoms with Crippen LogP contribution in [0.5, 0.6) is 0 Å². The topological polar surface area (TPSA) is 62.3 Å². The van der Waals surface area contributed by atoms with Crippen LogP contribution in [-0.2, 0) is 9.59 Å². The lowest BCUT2D eigenvalue weighted by molar-refractivity contribution is -0.122. The third-order valence-electron chi connectivity index (χ3n) is 4.60. The maximum absolute atomic E-state index is 12.5. The first kappa shape index (κ1) is 16.7. The van der Waals surface area contributed by atoms with Gasteiger partial charge >= 0.3 is 0 Å². The van der Waals surface area contributed by atoms with Gasteiger partial charge in [0.2, 0.25) is 11.8 Å². The van der Waals surface area contributed by atoms with E-state index >= 15 is 0 Å². The quantitative estimate of drug-likeness (QED) is 0.765. The van der Waals surface area contributed by atoms with E-state index in [0.29, 0.717) is 6.54 Å². The third kappa shape index (κ3) is 3.20. The fraction of sp³-hybridized carbons (Fsp3) is 0.250. The molecule has 1 unspecified atom stereocenters. The molecule has 0 saturated carbocycles. The van der Waals surface area contributed by atoms with Crippen molar-refractivity contribution < 1.29 is 9.59 Å². The SMILES string of the molecule is Cc1ccc(NC(=O)C2CC(=O)N(c3ccc4sc(C)nc4c3)C2)cc1. The Balaban J connectivity index is 1.50. The summed E-state index contributed by atoms with van der Waals surface area (Å²) in [6.07, 6.45) is 0.228. The van der Waals surface area contributed by atoms with Crippen LogP contribution in [-0.4, -0.2) is 23.3 Å². The largest absolute Gasteiger partial charge is 0.326 e. The molecule has 5 nitrogen and oxygen atoms in total. The number of aryl methyl sites for hydroxylation is 2. The van der Waals surface area contributed by atoms with E-state index in [1.807, 2.05) is 56.3 Å². The lowest BCUT2D eigenvalue weighted by Crippen LogP contribution is -2.28. The summed E-state index contributed by atoms with van der Waals surface area (Å²) in [5.74, 6) is -0.493. The average molecular weight is 365 g/mol. The predicted molar refractivity (Wildman–Crippen MR) is 105 cm³/mol. The number of nitrogens with zero attached hydrogens (tertiary/aromatic N) is 2. The van der Waals surface area contributed by atoms with Crippen LogP contribution < -0.4 is 10.2 Å². The number of thiazole rings is 1. The minimum absolute atomic E-state index is 0.0274. The zero-order valence-corrected chi connectivity index (χ0v) is 15.5. The molecule has 1 aliphatic rings. The number of hydrogen-bond donors (Lipinski definition) is 1. The van der Waals surface area contributed by atoms with Crippen molar-refractivity contribution in [3.8, 4) is 0 Å². The summed E-state index contributed by atoms with van der Waals surface area (Å²) in [6, 6.07) is 13.5. The second-order valence-electron chi connectivity index (χ2n) is 6.65. The number of amides is 2. The van der Waals surface area contributed by atoms with Crippen molar-refractivity contribution in [1.82, 2.24) is 4.98 Å². The number of carbonyl (C=O) groups excluding carboxylic acids is 2. The van der Waals surface area contributed by atoms with Crippen LogP contribution in [0, 0.1) is 19.8 Å². The highest BCUT2D eigenvalue weighted by atomic mass is 32.1. The zero-order valence-electron chi connectivity index (χ0n) is 14.7. The molecule has 2 amide bonds. The molecular weight excluding hydrogens is 346 g/mol. The van der Waals surface area contributed by atoms with Crippen molar-refractivity contribution in [2.24, 2.45) is 5.92 Å². The molecule has 1 N–H and O–H groups in total. The number of aromatic nitrogens is 1. The number of rotatable bonds is 3. The van der Waals surface area contributed by atoms with E-state index in [2.05, 4.69) is 10.3 Å². The summed E-state index contributed by atoms with van der Waals surface area (Å²) in [4.78, 5) is 31.2. The van der Waals surface area contributed by atoms with E-state index in [9.17, 15) is 9.59 Å². The van der Waals surface area contributed by atoms with Crippen LogP contribution in [0.1, 0.15) is 17.0 Å². The highest BCUT2D eigenvalue weighted by molar-refractivity contribution is 7.18. The van der Waals surface area contributed by atoms with Gasteiger partial charge in [-0.15, -0.1) is 11.3 Å². The van der Waals surface area contributed by atoms with Gasteiger partial charge in [0.25, 0.3) is 0 Å². The highest BCUT2D eigenvalue weighted by Gasteiger charge is 2.35. The summed E-state index contributed by atoms with van der Waals surface area (Å²) in [7, 11) is 0. The minimum atomic E-state index is -0.350. The molecule has 1 aliphatic heterocycles. The Morgan fingerprint density at radius 2 is 1.96 bits per heavy atom. The van der Waals surface area contributed by atoms with Gasteiger partial charge in [-0.05, 0) is 44.2 Å². The van der Waals surface area contributed by atoms with Gasteiger partial charge in [0, 0.05) is 24.3 Å². The van der Waals surface area contributed by atoms with Gasteiger partial charge in [0.1, 0.15) is 0 Å². The second kappa shape index (κ2) is 6.53. The van der Waals surface area contributed by atoms with E-state index in [-0.39, 0.29) is 24.2 Å². The Morgan fingerprint density at radius 1 is 1.19 bits per heavy atom. The second-order valence-corrected chi connectivity index (χ2v) is 7.88. The van der Waals surface area contributed by atoms with Gasteiger partial charge < -0.3 is 10.2 Å². The molecule has 1 saturated heterocycles. The molecule has 1 fully saturated rings.